The molecule has 0 aromatic heterocycles. The summed E-state index contributed by atoms with van der Waals surface area (Å²) in [5.41, 5.74) is 0. The van der Waals surface area contributed by atoms with E-state index in [4.69, 9.17) is 5.11 Å². The number of aliphatic hydroxyl groups is 1. The third-order valence-electron chi connectivity index (χ3n) is 1.09. The molecule has 0 bridgehead atoms. The fourth-order valence-electron chi connectivity index (χ4n) is 0.443. The summed E-state index contributed by atoms with van der Waals surface area (Å²) in [6, 6.07) is 0. The Morgan fingerprint density at radius 1 is 1.62 bits per heavy atom. The van der Waals surface area contributed by atoms with Crippen LogP contribution in [0.15, 0.2) is 12.2 Å². The molecule has 0 aliphatic heterocycles. The van der Waals surface area contributed by atoms with E-state index in [1.54, 1.807) is 0 Å². The number of hydrogen-bond acceptors (Lipinski definition) is 1. The second-order valence-corrected chi connectivity index (χ2v) is 2.09. The van der Waals surface area contributed by atoms with Crippen LogP contribution in [0.4, 0.5) is 0 Å². The quantitative estimate of drug-likeness (QED) is 0.552. The smallest absolute Gasteiger partial charge is 0.0459 e. The van der Waals surface area contributed by atoms with Gasteiger partial charge in [-0.25, -0.2) is 0 Å². The lowest BCUT2D eigenvalue weighted by molar-refractivity contribution is 0.239. The molecular formula is C7H14O. The molecule has 0 amide bonds. The van der Waals surface area contributed by atoms with Crippen LogP contribution in [0.1, 0.15) is 20.3 Å². The summed E-state index contributed by atoms with van der Waals surface area (Å²) in [6.07, 6.45) is 5.07. The molecule has 0 aromatic carbocycles. The Labute approximate surface area is 51.0 Å². The Morgan fingerprint density at radius 3 is 2.62 bits per heavy atom. The first kappa shape index (κ1) is 7.70. The van der Waals surface area contributed by atoms with Crippen molar-refractivity contribution in [2.24, 2.45) is 5.92 Å². The van der Waals surface area contributed by atoms with Crippen LogP contribution in [0.3, 0.4) is 0 Å². The van der Waals surface area contributed by atoms with Gasteiger partial charge in [0.05, 0.1) is 0 Å². The predicted octanol–water partition coefficient (Wildman–Crippen LogP) is 1.58. The molecule has 1 heteroatoms. The minimum Gasteiger partial charge on any atom is -0.396 e. The topological polar surface area (TPSA) is 20.2 Å². The second-order valence-electron chi connectivity index (χ2n) is 2.09. The second kappa shape index (κ2) is 4.85. The van der Waals surface area contributed by atoms with Gasteiger partial charge in [0.15, 0.2) is 0 Å². The monoisotopic (exact) mass is 114 g/mol. The van der Waals surface area contributed by atoms with E-state index in [1.165, 1.54) is 0 Å². The van der Waals surface area contributed by atoms with Crippen molar-refractivity contribution in [1.29, 1.82) is 0 Å². The Bertz CT molecular complexity index is 66.8. The molecule has 0 aromatic rings. The van der Waals surface area contributed by atoms with Gasteiger partial charge in [-0.3, -0.25) is 0 Å². The maximum absolute atomic E-state index is 8.53. The molecule has 8 heavy (non-hydrogen) atoms. The molecule has 0 heterocycles. The Balaban J connectivity index is 3.10. The summed E-state index contributed by atoms with van der Waals surface area (Å²) in [7, 11) is 0. The molecule has 1 unspecified atom stereocenters. The lowest BCUT2D eigenvalue weighted by atomic mass is 10.1. The fraction of sp³-hybridized carbons (Fsp3) is 0.714. The number of allylic oxidation sites excluding steroid dienone is 2. The Morgan fingerprint density at radius 2 is 2.25 bits per heavy atom. The van der Waals surface area contributed by atoms with Crippen molar-refractivity contribution in [3.05, 3.63) is 12.2 Å². The van der Waals surface area contributed by atoms with Gasteiger partial charge >= 0.3 is 0 Å². The predicted molar refractivity (Wildman–Crippen MR) is 35.7 cm³/mol. The maximum Gasteiger partial charge on any atom is 0.0459 e. The zero-order chi connectivity index (χ0) is 6.41. The molecular weight excluding hydrogens is 100 g/mol. The van der Waals surface area contributed by atoms with Gasteiger partial charge in [0.1, 0.15) is 0 Å². The Kier molecular flexibility index (Phi) is 4.67. The van der Waals surface area contributed by atoms with Crippen LogP contribution in [0.2, 0.25) is 0 Å². The summed E-state index contributed by atoms with van der Waals surface area (Å²) in [5, 5.41) is 8.53. The fourth-order valence-corrected chi connectivity index (χ4v) is 0.443. The van der Waals surface area contributed by atoms with Crippen molar-refractivity contribution in [2.75, 3.05) is 6.61 Å². The van der Waals surface area contributed by atoms with E-state index in [0.717, 1.165) is 6.42 Å². The molecule has 0 spiro atoms. The zero-order valence-corrected chi connectivity index (χ0v) is 5.59. The molecule has 0 radical (unpaired) electrons. The van der Waals surface area contributed by atoms with E-state index in [1.807, 2.05) is 19.9 Å². The molecule has 1 atom stereocenters. The van der Waals surface area contributed by atoms with Crippen molar-refractivity contribution < 1.29 is 5.11 Å². The van der Waals surface area contributed by atoms with Crippen LogP contribution < -0.4 is 0 Å². The molecule has 0 rings (SSSR count). The first-order chi connectivity index (χ1) is 3.81. The highest BCUT2D eigenvalue weighted by Crippen LogP contribution is 1.99. The van der Waals surface area contributed by atoms with Gasteiger partial charge in [-0.1, -0.05) is 19.1 Å². The molecule has 0 saturated heterocycles. The molecule has 1 nitrogen and oxygen atoms in total. The highest BCUT2D eigenvalue weighted by Gasteiger charge is 1.92. The van der Waals surface area contributed by atoms with Gasteiger partial charge in [0.2, 0.25) is 0 Å². The standard InChI is InChI=1S/C7H14O/c1-3-4-5-7(2)6-8/h3-4,7-8H,5-6H2,1-2H3/b4-3-. The van der Waals surface area contributed by atoms with Crippen LogP contribution in [0, 0.1) is 5.92 Å². The third kappa shape index (κ3) is 3.88. The average molecular weight is 114 g/mol. The molecule has 0 aliphatic carbocycles. The molecule has 0 fully saturated rings. The lowest BCUT2D eigenvalue weighted by Crippen LogP contribution is -1.97. The lowest BCUT2D eigenvalue weighted by Gasteiger charge is -2.00. The van der Waals surface area contributed by atoms with E-state index < -0.39 is 0 Å². The first-order valence-corrected chi connectivity index (χ1v) is 3.03. The van der Waals surface area contributed by atoms with Gasteiger partial charge in [0.25, 0.3) is 0 Å². The SMILES string of the molecule is C/C=C\CC(C)CO. The van der Waals surface area contributed by atoms with E-state index in [0.29, 0.717) is 12.5 Å². The van der Waals surface area contributed by atoms with Crippen molar-refractivity contribution >= 4 is 0 Å². The van der Waals surface area contributed by atoms with E-state index >= 15 is 0 Å². The van der Waals surface area contributed by atoms with Crippen LogP contribution in [-0.4, -0.2) is 11.7 Å². The van der Waals surface area contributed by atoms with Crippen molar-refractivity contribution in [1.82, 2.24) is 0 Å². The largest absolute Gasteiger partial charge is 0.396 e. The van der Waals surface area contributed by atoms with Gasteiger partial charge < -0.3 is 5.11 Å². The molecule has 48 valence electrons. The highest BCUT2D eigenvalue weighted by atomic mass is 16.3. The van der Waals surface area contributed by atoms with E-state index in [-0.39, 0.29) is 0 Å². The van der Waals surface area contributed by atoms with Gasteiger partial charge in [-0.05, 0) is 19.3 Å². The van der Waals surface area contributed by atoms with Gasteiger partial charge in [0, 0.05) is 6.61 Å². The average Bonchev–Trinajstić information content (AvgIpc) is 1.83. The van der Waals surface area contributed by atoms with Crippen LogP contribution in [0.5, 0.6) is 0 Å². The van der Waals surface area contributed by atoms with Gasteiger partial charge in [-0.15, -0.1) is 0 Å². The van der Waals surface area contributed by atoms with Crippen molar-refractivity contribution in [3.63, 3.8) is 0 Å². The summed E-state index contributed by atoms with van der Waals surface area (Å²) in [6.45, 7) is 4.31. The molecule has 1 N–H and O–H groups in total. The van der Waals surface area contributed by atoms with Crippen molar-refractivity contribution in [3.8, 4) is 0 Å². The van der Waals surface area contributed by atoms with Gasteiger partial charge in [-0.2, -0.15) is 0 Å². The number of aliphatic hydroxyl groups excluding tert-OH is 1. The number of hydrogen-bond donors (Lipinski definition) is 1. The van der Waals surface area contributed by atoms with Crippen molar-refractivity contribution in [2.45, 2.75) is 20.3 Å². The van der Waals surface area contributed by atoms with Crippen LogP contribution in [-0.2, 0) is 0 Å². The van der Waals surface area contributed by atoms with E-state index in [2.05, 4.69) is 6.08 Å². The summed E-state index contributed by atoms with van der Waals surface area (Å²) in [4.78, 5) is 0. The zero-order valence-electron chi connectivity index (χ0n) is 5.59. The van der Waals surface area contributed by atoms with Crippen LogP contribution >= 0.6 is 0 Å². The Hall–Kier alpha value is -0.300. The summed E-state index contributed by atoms with van der Waals surface area (Å²) < 4.78 is 0. The first-order valence-electron chi connectivity index (χ1n) is 3.03. The summed E-state index contributed by atoms with van der Waals surface area (Å²) in [5.74, 6) is 0.422. The molecule has 0 saturated carbocycles. The number of rotatable bonds is 3. The third-order valence-corrected chi connectivity index (χ3v) is 1.09. The minimum atomic E-state index is 0.296. The minimum absolute atomic E-state index is 0.296. The van der Waals surface area contributed by atoms with E-state index in [9.17, 15) is 0 Å². The summed E-state index contributed by atoms with van der Waals surface area (Å²) >= 11 is 0. The normalized spacial score (nSPS) is 14.9. The molecule has 0 aliphatic rings. The maximum atomic E-state index is 8.53. The highest BCUT2D eigenvalue weighted by molar-refractivity contribution is 4.78. The van der Waals surface area contributed by atoms with Crippen LogP contribution in [0.25, 0.3) is 0 Å².